The summed E-state index contributed by atoms with van der Waals surface area (Å²) in [5.74, 6) is -0.484. The van der Waals surface area contributed by atoms with Gasteiger partial charge in [-0.25, -0.2) is 4.39 Å². The van der Waals surface area contributed by atoms with Crippen molar-refractivity contribution in [1.82, 2.24) is 15.1 Å². The molecule has 1 amide bonds. The van der Waals surface area contributed by atoms with Crippen LogP contribution in [0.3, 0.4) is 0 Å². The van der Waals surface area contributed by atoms with Crippen LogP contribution in [-0.4, -0.2) is 29.4 Å². The molecule has 134 valence electrons. The molecule has 0 radical (unpaired) electrons. The number of allylic oxidation sites excluding steroid dienone is 1. The number of methoxy groups -OCH3 is 1. The van der Waals surface area contributed by atoms with Gasteiger partial charge in [-0.1, -0.05) is 12.1 Å². The van der Waals surface area contributed by atoms with E-state index >= 15 is 0 Å². The first kappa shape index (κ1) is 18.9. The van der Waals surface area contributed by atoms with Crippen molar-refractivity contribution >= 4 is 11.5 Å². The molecule has 0 aliphatic carbocycles. The molecular formula is C19H24FN3O2. The highest BCUT2D eigenvalue weighted by Gasteiger charge is 2.12. The molecule has 0 bridgehead atoms. The van der Waals surface area contributed by atoms with Crippen LogP contribution in [0.25, 0.3) is 5.57 Å². The van der Waals surface area contributed by atoms with Gasteiger partial charge < -0.3 is 10.1 Å². The van der Waals surface area contributed by atoms with Crippen LogP contribution in [0.2, 0.25) is 0 Å². The molecule has 0 saturated carbocycles. The molecule has 0 unspecified atom stereocenters. The summed E-state index contributed by atoms with van der Waals surface area (Å²) in [6.07, 6.45) is 1.52. The van der Waals surface area contributed by atoms with E-state index in [1.807, 2.05) is 25.5 Å². The van der Waals surface area contributed by atoms with E-state index in [0.717, 1.165) is 28.1 Å². The van der Waals surface area contributed by atoms with E-state index in [-0.39, 0.29) is 11.7 Å². The minimum Gasteiger partial charge on any atom is -0.383 e. The third-order valence-electron chi connectivity index (χ3n) is 4.13. The molecule has 25 heavy (non-hydrogen) atoms. The topological polar surface area (TPSA) is 56.1 Å². The second-order valence-electron chi connectivity index (χ2n) is 5.92. The lowest BCUT2D eigenvalue weighted by Crippen LogP contribution is -2.21. The fraction of sp³-hybridized carbons (Fsp3) is 0.368. The average molecular weight is 345 g/mol. The summed E-state index contributed by atoms with van der Waals surface area (Å²) in [4.78, 5) is 12.2. The molecule has 0 spiro atoms. The Morgan fingerprint density at radius 1 is 1.32 bits per heavy atom. The van der Waals surface area contributed by atoms with Crippen molar-refractivity contribution in [3.8, 4) is 0 Å². The Kier molecular flexibility index (Phi) is 6.47. The normalized spacial score (nSPS) is 11.6. The van der Waals surface area contributed by atoms with Crippen molar-refractivity contribution in [1.29, 1.82) is 0 Å². The van der Waals surface area contributed by atoms with Crippen molar-refractivity contribution in [2.24, 2.45) is 0 Å². The third kappa shape index (κ3) is 5.00. The number of amides is 1. The van der Waals surface area contributed by atoms with E-state index in [4.69, 9.17) is 4.74 Å². The molecule has 6 heteroatoms. The summed E-state index contributed by atoms with van der Waals surface area (Å²) in [5, 5.41) is 7.36. The minimum absolute atomic E-state index is 0.190. The van der Waals surface area contributed by atoms with Crippen LogP contribution in [0.4, 0.5) is 4.39 Å². The molecular weight excluding hydrogens is 321 g/mol. The first-order valence-electron chi connectivity index (χ1n) is 8.16. The average Bonchev–Trinajstić information content (AvgIpc) is 2.85. The summed E-state index contributed by atoms with van der Waals surface area (Å²) in [7, 11) is 1.66. The van der Waals surface area contributed by atoms with Crippen LogP contribution in [0.1, 0.15) is 29.4 Å². The number of halogens is 1. The fourth-order valence-corrected chi connectivity index (χ4v) is 2.60. The third-order valence-corrected chi connectivity index (χ3v) is 4.13. The number of aromatic nitrogens is 2. The Morgan fingerprint density at radius 3 is 2.64 bits per heavy atom. The molecule has 0 atom stereocenters. The fourth-order valence-electron chi connectivity index (χ4n) is 2.60. The lowest BCUT2D eigenvalue weighted by molar-refractivity contribution is -0.116. The van der Waals surface area contributed by atoms with Crippen molar-refractivity contribution in [2.45, 2.75) is 33.9 Å². The minimum atomic E-state index is -0.294. The second-order valence-corrected chi connectivity index (χ2v) is 5.92. The molecule has 1 aromatic heterocycles. The van der Waals surface area contributed by atoms with Gasteiger partial charge >= 0.3 is 0 Å². The van der Waals surface area contributed by atoms with Gasteiger partial charge in [-0.3, -0.25) is 9.48 Å². The maximum absolute atomic E-state index is 13.0. The molecule has 0 saturated heterocycles. The van der Waals surface area contributed by atoms with Crippen LogP contribution >= 0.6 is 0 Å². The summed E-state index contributed by atoms with van der Waals surface area (Å²) < 4.78 is 19.9. The molecule has 2 aromatic rings. The zero-order valence-electron chi connectivity index (χ0n) is 15.1. The summed E-state index contributed by atoms with van der Waals surface area (Å²) >= 11 is 0. The van der Waals surface area contributed by atoms with Gasteiger partial charge in [0.2, 0.25) is 5.91 Å². The van der Waals surface area contributed by atoms with E-state index in [1.165, 1.54) is 18.2 Å². The van der Waals surface area contributed by atoms with E-state index in [2.05, 4.69) is 10.4 Å². The number of carbonyl (C=O) groups excluding carboxylic acids is 1. The maximum Gasteiger partial charge on any atom is 0.244 e. The zero-order chi connectivity index (χ0) is 18.4. The molecule has 1 aromatic carbocycles. The number of ether oxygens (including phenoxy) is 1. The molecule has 0 fully saturated rings. The van der Waals surface area contributed by atoms with Crippen molar-refractivity contribution in [2.75, 3.05) is 13.7 Å². The number of nitrogens with one attached hydrogen (secondary N) is 1. The molecule has 0 aliphatic heterocycles. The summed E-state index contributed by atoms with van der Waals surface area (Å²) in [6.45, 7) is 7.42. The Balaban J connectivity index is 2.01. The van der Waals surface area contributed by atoms with Crippen molar-refractivity contribution < 1.29 is 13.9 Å². The number of hydrogen-bond donors (Lipinski definition) is 1. The zero-order valence-corrected chi connectivity index (χ0v) is 15.1. The smallest absolute Gasteiger partial charge is 0.244 e. The largest absolute Gasteiger partial charge is 0.383 e. The highest BCUT2D eigenvalue weighted by Crippen LogP contribution is 2.15. The van der Waals surface area contributed by atoms with Crippen LogP contribution in [0.15, 0.2) is 30.3 Å². The first-order valence-corrected chi connectivity index (χ1v) is 8.16. The predicted molar refractivity (Wildman–Crippen MR) is 95.5 cm³/mol. The highest BCUT2D eigenvalue weighted by molar-refractivity contribution is 5.94. The van der Waals surface area contributed by atoms with Gasteiger partial charge in [0.05, 0.1) is 18.8 Å². The van der Waals surface area contributed by atoms with Gasteiger partial charge in [0.1, 0.15) is 5.82 Å². The van der Waals surface area contributed by atoms with Gasteiger partial charge in [-0.15, -0.1) is 0 Å². The molecule has 5 nitrogen and oxygen atoms in total. The quantitative estimate of drug-likeness (QED) is 0.785. The molecule has 1 N–H and O–H groups in total. The standard InChI is InChI=1S/C19H24FN3O2/c1-13(16-5-7-17(20)8-6-16)11-19(24)21-12-18-14(2)22-23(15(18)3)9-10-25-4/h5-8,11H,9-10,12H2,1-4H3,(H,21,24)/b13-11-. The van der Waals surface area contributed by atoms with Gasteiger partial charge in [-0.05, 0) is 44.0 Å². The summed E-state index contributed by atoms with van der Waals surface area (Å²) in [5.41, 5.74) is 4.53. The predicted octanol–water partition coefficient (Wildman–Crippen LogP) is 3.01. The number of aryl methyl sites for hydroxylation is 1. The van der Waals surface area contributed by atoms with Crippen LogP contribution in [0, 0.1) is 19.7 Å². The van der Waals surface area contributed by atoms with Crippen molar-refractivity contribution in [3.63, 3.8) is 0 Å². The number of benzene rings is 1. The number of rotatable bonds is 7. The number of nitrogens with zero attached hydrogens (tertiary/aromatic N) is 2. The van der Waals surface area contributed by atoms with Gasteiger partial charge in [-0.2, -0.15) is 5.10 Å². The van der Waals surface area contributed by atoms with E-state index in [0.29, 0.717) is 19.7 Å². The Bertz CT molecular complexity index is 764. The van der Waals surface area contributed by atoms with Gasteiger partial charge in [0.15, 0.2) is 0 Å². The van der Waals surface area contributed by atoms with Crippen LogP contribution in [-0.2, 0) is 22.6 Å². The highest BCUT2D eigenvalue weighted by atomic mass is 19.1. The first-order chi connectivity index (χ1) is 11.9. The van der Waals surface area contributed by atoms with E-state index < -0.39 is 0 Å². The SMILES string of the molecule is COCCn1nc(C)c(CNC(=O)/C=C(/C)c2ccc(F)cc2)c1C. The molecule has 0 aliphatic rings. The van der Waals surface area contributed by atoms with Crippen molar-refractivity contribution in [3.05, 3.63) is 58.7 Å². The summed E-state index contributed by atoms with van der Waals surface area (Å²) in [6, 6.07) is 6.07. The lowest BCUT2D eigenvalue weighted by Gasteiger charge is -2.06. The Labute approximate surface area is 147 Å². The van der Waals surface area contributed by atoms with Crippen LogP contribution < -0.4 is 5.32 Å². The van der Waals surface area contributed by atoms with Gasteiger partial charge in [0, 0.05) is 31.0 Å². The Hall–Kier alpha value is -2.47. The molecule has 1 heterocycles. The monoisotopic (exact) mass is 345 g/mol. The number of carbonyl (C=O) groups is 1. The second kappa shape index (κ2) is 8.58. The van der Waals surface area contributed by atoms with Crippen LogP contribution in [0.5, 0.6) is 0 Å². The van der Waals surface area contributed by atoms with Gasteiger partial charge in [0.25, 0.3) is 0 Å². The molecule has 2 rings (SSSR count). The van der Waals surface area contributed by atoms with E-state index in [9.17, 15) is 9.18 Å². The Morgan fingerprint density at radius 2 is 2.00 bits per heavy atom. The number of hydrogen-bond acceptors (Lipinski definition) is 3. The maximum atomic E-state index is 13.0. The lowest BCUT2D eigenvalue weighted by atomic mass is 10.1. The van der Waals surface area contributed by atoms with E-state index in [1.54, 1.807) is 19.2 Å².